The van der Waals surface area contributed by atoms with Crippen molar-refractivity contribution in [3.8, 4) is 0 Å². The minimum atomic E-state index is 0.244. The summed E-state index contributed by atoms with van der Waals surface area (Å²) in [6.07, 6.45) is 1.40. The number of amides is 1. The minimum Gasteiger partial charge on any atom is -0.392 e. The van der Waals surface area contributed by atoms with Crippen LogP contribution >= 0.6 is 12.2 Å². The Kier molecular flexibility index (Phi) is 5.70. The van der Waals surface area contributed by atoms with Crippen molar-refractivity contribution in [3.05, 3.63) is 35.4 Å². The molecule has 0 bridgehead atoms. The highest BCUT2D eigenvalue weighted by Gasteiger charge is 2.20. The molecule has 1 fully saturated rings. The second-order valence-electron chi connectivity index (χ2n) is 5.55. The number of carbonyl (C=O) groups is 1. The molecule has 5 heteroatoms. The van der Waals surface area contributed by atoms with E-state index in [-0.39, 0.29) is 5.91 Å². The van der Waals surface area contributed by atoms with Gasteiger partial charge in [0.25, 0.3) is 0 Å². The summed E-state index contributed by atoms with van der Waals surface area (Å²) in [6.45, 7) is 6.00. The summed E-state index contributed by atoms with van der Waals surface area (Å²) in [5, 5.41) is 0. The van der Waals surface area contributed by atoms with Crippen LogP contribution in [0.25, 0.3) is 0 Å². The zero-order valence-corrected chi connectivity index (χ0v) is 13.4. The third kappa shape index (κ3) is 4.79. The van der Waals surface area contributed by atoms with Gasteiger partial charge < -0.3 is 10.6 Å². The molecule has 114 valence electrons. The van der Waals surface area contributed by atoms with Gasteiger partial charge in [-0.15, -0.1) is 0 Å². The lowest BCUT2D eigenvalue weighted by atomic mass is 10.0. The molecule has 0 saturated carbocycles. The highest BCUT2D eigenvalue weighted by atomic mass is 32.1. The first-order chi connectivity index (χ1) is 10.1. The standard InChI is InChI=1S/C16H23N3OS/c1-13-4-2-3-5-14(13)6-7-16(20)19-10-8-18(9-11-19)12-15(17)21/h2-5H,6-12H2,1H3,(H2,17,21). The predicted molar refractivity (Wildman–Crippen MR) is 89.3 cm³/mol. The average Bonchev–Trinajstić information content (AvgIpc) is 2.46. The first kappa shape index (κ1) is 15.9. The lowest BCUT2D eigenvalue weighted by Gasteiger charge is -2.34. The number of aryl methyl sites for hydroxylation is 2. The summed E-state index contributed by atoms with van der Waals surface area (Å²) in [5.41, 5.74) is 8.07. The third-order valence-electron chi connectivity index (χ3n) is 3.97. The molecule has 0 unspecified atom stereocenters. The predicted octanol–water partition coefficient (Wildman–Crippen LogP) is 1.36. The van der Waals surface area contributed by atoms with Gasteiger partial charge >= 0.3 is 0 Å². The van der Waals surface area contributed by atoms with Crippen LogP contribution in [0.4, 0.5) is 0 Å². The minimum absolute atomic E-state index is 0.244. The molecule has 4 nitrogen and oxygen atoms in total. The molecule has 2 N–H and O–H groups in total. The summed E-state index contributed by atoms with van der Waals surface area (Å²) < 4.78 is 0. The molecule has 2 rings (SSSR count). The van der Waals surface area contributed by atoms with E-state index >= 15 is 0 Å². The second-order valence-corrected chi connectivity index (χ2v) is 6.07. The van der Waals surface area contributed by atoms with Crippen LogP contribution in [0, 0.1) is 6.92 Å². The van der Waals surface area contributed by atoms with E-state index < -0.39 is 0 Å². The average molecular weight is 305 g/mol. The van der Waals surface area contributed by atoms with Crippen LogP contribution in [0.2, 0.25) is 0 Å². The number of piperazine rings is 1. The molecular weight excluding hydrogens is 282 g/mol. The fraction of sp³-hybridized carbons (Fsp3) is 0.500. The van der Waals surface area contributed by atoms with Gasteiger partial charge in [0.15, 0.2) is 0 Å². The summed E-state index contributed by atoms with van der Waals surface area (Å²) in [6, 6.07) is 8.25. The molecule has 0 aliphatic carbocycles. The lowest BCUT2D eigenvalue weighted by Crippen LogP contribution is -2.50. The van der Waals surface area contributed by atoms with Gasteiger partial charge in [0.1, 0.15) is 0 Å². The van der Waals surface area contributed by atoms with Gasteiger partial charge in [-0.25, -0.2) is 0 Å². The van der Waals surface area contributed by atoms with Crippen molar-refractivity contribution in [2.45, 2.75) is 19.8 Å². The van der Waals surface area contributed by atoms with E-state index in [1.807, 2.05) is 17.0 Å². The van der Waals surface area contributed by atoms with Crippen LogP contribution in [-0.2, 0) is 11.2 Å². The highest BCUT2D eigenvalue weighted by Crippen LogP contribution is 2.11. The van der Waals surface area contributed by atoms with E-state index in [4.69, 9.17) is 18.0 Å². The molecular formula is C16H23N3OS. The number of nitrogens with two attached hydrogens (primary N) is 1. The molecule has 1 aliphatic rings. The first-order valence-electron chi connectivity index (χ1n) is 7.39. The smallest absolute Gasteiger partial charge is 0.222 e. The Balaban J connectivity index is 1.77. The van der Waals surface area contributed by atoms with Crippen LogP contribution in [0.3, 0.4) is 0 Å². The third-order valence-corrected chi connectivity index (χ3v) is 4.10. The molecule has 1 amide bonds. The molecule has 0 radical (unpaired) electrons. The zero-order valence-electron chi connectivity index (χ0n) is 12.5. The number of thiocarbonyl (C=S) groups is 1. The van der Waals surface area contributed by atoms with E-state index in [2.05, 4.69) is 24.0 Å². The van der Waals surface area contributed by atoms with E-state index in [9.17, 15) is 4.79 Å². The molecule has 1 saturated heterocycles. The van der Waals surface area contributed by atoms with Gasteiger partial charge in [-0.1, -0.05) is 36.5 Å². The van der Waals surface area contributed by atoms with Crippen molar-refractivity contribution in [1.82, 2.24) is 9.80 Å². The molecule has 0 spiro atoms. The van der Waals surface area contributed by atoms with Crippen LogP contribution < -0.4 is 5.73 Å². The Hall–Kier alpha value is -1.46. The van der Waals surface area contributed by atoms with Gasteiger partial charge in [-0.05, 0) is 24.5 Å². The molecule has 0 aromatic heterocycles. The first-order valence-corrected chi connectivity index (χ1v) is 7.80. The Morgan fingerprint density at radius 3 is 2.52 bits per heavy atom. The molecule has 21 heavy (non-hydrogen) atoms. The number of nitrogens with zero attached hydrogens (tertiary/aromatic N) is 2. The summed E-state index contributed by atoms with van der Waals surface area (Å²) in [4.78, 5) is 16.9. The maximum absolute atomic E-state index is 12.3. The van der Waals surface area contributed by atoms with Gasteiger partial charge in [-0.2, -0.15) is 0 Å². The Labute approximate surface area is 131 Å². The molecule has 1 aliphatic heterocycles. The van der Waals surface area contributed by atoms with Gasteiger partial charge in [0.05, 0.1) is 4.99 Å². The highest BCUT2D eigenvalue weighted by molar-refractivity contribution is 7.80. The van der Waals surface area contributed by atoms with Crippen molar-refractivity contribution in [2.24, 2.45) is 5.73 Å². The van der Waals surface area contributed by atoms with Crippen LogP contribution in [0.15, 0.2) is 24.3 Å². The van der Waals surface area contributed by atoms with Gasteiger partial charge in [-0.3, -0.25) is 9.69 Å². The zero-order chi connectivity index (χ0) is 15.2. The fourth-order valence-electron chi connectivity index (χ4n) is 2.67. The number of hydrogen-bond donors (Lipinski definition) is 1. The van der Waals surface area contributed by atoms with Crippen molar-refractivity contribution in [1.29, 1.82) is 0 Å². The summed E-state index contributed by atoms with van der Waals surface area (Å²) in [5.74, 6) is 0.244. The van der Waals surface area contributed by atoms with Crippen molar-refractivity contribution in [3.63, 3.8) is 0 Å². The Morgan fingerprint density at radius 2 is 1.90 bits per heavy atom. The van der Waals surface area contributed by atoms with Crippen LogP contribution in [0.1, 0.15) is 17.5 Å². The topological polar surface area (TPSA) is 49.6 Å². The monoisotopic (exact) mass is 305 g/mol. The van der Waals surface area contributed by atoms with Crippen molar-refractivity contribution < 1.29 is 4.79 Å². The van der Waals surface area contributed by atoms with Crippen LogP contribution in [0.5, 0.6) is 0 Å². The van der Waals surface area contributed by atoms with E-state index in [0.717, 1.165) is 32.6 Å². The normalized spacial score (nSPS) is 16.0. The fourth-order valence-corrected chi connectivity index (χ4v) is 2.85. The quantitative estimate of drug-likeness (QED) is 0.835. The van der Waals surface area contributed by atoms with E-state index in [1.54, 1.807) is 0 Å². The maximum Gasteiger partial charge on any atom is 0.222 e. The van der Waals surface area contributed by atoms with Gasteiger partial charge in [0, 0.05) is 39.1 Å². The molecule has 1 heterocycles. The molecule has 1 aromatic carbocycles. The number of benzene rings is 1. The number of rotatable bonds is 5. The maximum atomic E-state index is 12.3. The number of carbonyl (C=O) groups excluding carboxylic acids is 1. The van der Waals surface area contributed by atoms with Crippen molar-refractivity contribution >= 4 is 23.1 Å². The molecule has 1 aromatic rings. The Bertz CT molecular complexity index is 510. The Morgan fingerprint density at radius 1 is 1.24 bits per heavy atom. The lowest BCUT2D eigenvalue weighted by molar-refractivity contribution is -0.132. The van der Waals surface area contributed by atoms with Gasteiger partial charge in [0.2, 0.25) is 5.91 Å². The molecule has 0 atom stereocenters. The SMILES string of the molecule is Cc1ccccc1CCC(=O)N1CCN(CC(N)=S)CC1. The van der Waals surface area contributed by atoms with E-state index in [1.165, 1.54) is 11.1 Å². The van der Waals surface area contributed by atoms with Crippen molar-refractivity contribution in [2.75, 3.05) is 32.7 Å². The number of hydrogen-bond acceptors (Lipinski definition) is 3. The summed E-state index contributed by atoms with van der Waals surface area (Å²) in [7, 11) is 0. The van der Waals surface area contributed by atoms with Crippen LogP contribution in [-0.4, -0.2) is 53.4 Å². The largest absolute Gasteiger partial charge is 0.392 e. The summed E-state index contributed by atoms with van der Waals surface area (Å²) >= 11 is 4.92. The van der Waals surface area contributed by atoms with E-state index in [0.29, 0.717) is 18.0 Å². The second kappa shape index (κ2) is 7.52.